The number of aliphatic hydroxyl groups excluding tert-OH is 1. The van der Waals surface area contributed by atoms with Crippen LogP contribution in [0.1, 0.15) is 41.5 Å². The lowest BCUT2D eigenvalue weighted by Crippen LogP contribution is -2.66. The van der Waals surface area contributed by atoms with Crippen molar-refractivity contribution in [3.63, 3.8) is 0 Å². The number of aliphatic carboxylic acids is 1. The fraction of sp³-hybridized carbons (Fsp3) is 0.429. The summed E-state index contributed by atoms with van der Waals surface area (Å²) in [4.78, 5) is 23.6. The van der Waals surface area contributed by atoms with E-state index in [0.717, 1.165) is 10.4 Å². The van der Waals surface area contributed by atoms with Crippen LogP contribution in [0.15, 0.2) is 72.8 Å². The molecule has 2 rings (SSSR count). The van der Waals surface area contributed by atoms with Crippen molar-refractivity contribution in [2.24, 2.45) is 0 Å². The number of rotatable bonds is 11. The van der Waals surface area contributed by atoms with Crippen molar-refractivity contribution in [1.82, 2.24) is 0 Å². The summed E-state index contributed by atoms with van der Waals surface area (Å²) in [5, 5.41) is 21.7. The average molecular weight is 515 g/mol. The van der Waals surface area contributed by atoms with Crippen molar-refractivity contribution < 1.29 is 33.7 Å². The number of hydrogen-bond acceptors (Lipinski definition) is 6. The minimum atomic E-state index is -2.69. The quantitative estimate of drug-likeness (QED) is 0.269. The van der Waals surface area contributed by atoms with Gasteiger partial charge in [0.25, 0.3) is 8.32 Å². The van der Waals surface area contributed by atoms with E-state index < -0.39 is 38.1 Å². The van der Waals surface area contributed by atoms with E-state index in [-0.39, 0.29) is 18.3 Å². The molecule has 2 aromatic rings. The van der Waals surface area contributed by atoms with Crippen molar-refractivity contribution in [3.8, 4) is 0 Å². The smallest absolute Gasteiger partial charge is 0.338 e. The molecule has 0 aliphatic heterocycles. The molecule has 0 unspecified atom stereocenters. The Kier molecular flexibility index (Phi) is 10.2. The second-order valence-electron chi connectivity index (χ2n) is 10.5. The molecule has 196 valence electrons. The minimum Gasteiger partial charge on any atom is -0.479 e. The van der Waals surface area contributed by atoms with Gasteiger partial charge in [-0.1, -0.05) is 93.6 Å². The van der Waals surface area contributed by atoms with Crippen molar-refractivity contribution >= 4 is 30.6 Å². The van der Waals surface area contributed by atoms with Crippen molar-refractivity contribution in [3.05, 3.63) is 72.8 Å². The number of carbonyl (C=O) groups is 2. The Morgan fingerprint density at radius 2 is 1.33 bits per heavy atom. The monoisotopic (exact) mass is 514 g/mol. The number of ether oxygens (including phenoxy) is 2. The summed E-state index contributed by atoms with van der Waals surface area (Å²) in [5.74, 6) is -2.50. The molecule has 0 heterocycles. The summed E-state index contributed by atoms with van der Waals surface area (Å²) in [7, 11) is -2.69. The summed E-state index contributed by atoms with van der Waals surface area (Å²) >= 11 is 0. The third-order valence-corrected chi connectivity index (χ3v) is 10.5. The number of benzene rings is 2. The largest absolute Gasteiger partial charge is 0.479 e. The minimum absolute atomic E-state index is 0.124. The molecule has 0 aliphatic carbocycles. The topological polar surface area (TPSA) is 102 Å². The van der Waals surface area contributed by atoms with Crippen LogP contribution in [0.3, 0.4) is 0 Å². The summed E-state index contributed by atoms with van der Waals surface area (Å²) in [6, 6.07) is 20.4. The fourth-order valence-electron chi connectivity index (χ4n) is 4.01. The molecule has 0 spiro atoms. The average Bonchev–Trinajstić information content (AvgIpc) is 2.79. The predicted molar refractivity (Wildman–Crippen MR) is 142 cm³/mol. The van der Waals surface area contributed by atoms with Crippen LogP contribution in [0.2, 0.25) is 5.04 Å². The lowest BCUT2D eigenvalue weighted by Gasteiger charge is -2.42. The lowest BCUT2D eigenvalue weighted by molar-refractivity contribution is -0.181. The number of esters is 1. The number of carboxylic acids is 1. The van der Waals surface area contributed by atoms with Crippen LogP contribution in [0, 0.1) is 0 Å². The molecule has 0 saturated carbocycles. The Balaban J connectivity index is 2.14. The van der Waals surface area contributed by atoms with Gasteiger partial charge in [-0.3, -0.25) is 0 Å². The second kappa shape index (κ2) is 12.4. The number of hydrogen-bond donors (Lipinski definition) is 2. The molecule has 0 fully saturated rings. The van der Waals surface area contributed by atoms with Gasteiger partial charge in [-0.25, -0.2) is 9.59 Å². The van der Waals surface area contributed by atoms with E-state index in [1.165, 1.54) is 0 Å². The van der Waals surface area contributed by atoms with Crippen LogP contribution in [-0.4, -0.2) is 61.5 Å². The lowest BCUT2D eigenvalue weighted by atomic mass is 10.1. The summed E-state index contributed by atoms with van der Waals surface area (Å²) in [5.41, 5.74) is -0.862. The standard InChI is InChI=1S/C28H38O7Si/c1-27(2,3)35-26(32)23(29)24(25(30)31)33-19-13-14-20-34-36(28(4,5)6,21-15-9-7-10-16-21)22-17-11-8-12-18-22/h7-18,23-24,29H,19-20H2,1-6H3,(H,30,31)/b14-13+/t23-,24-/m1/s1. The van der Waals surface area contributed by atoms with Crippen LogP contribution < -0.4 is 10.4 Å². The van der Waals surface area contributed by atoms with E-state index in [1.54, 1.807) is 32.9 Å². The molecule has 0 radical (unpaired) electrons. The van der Waals surface area contributed by atoms with Crippen molar-refractivity contribution in [1.29, 1.82) is 0 Å². The van der Waals surface area contributed by atoms with E-state index >= 15 is 0 Å². The Labute approximate surface area is 214 Å². The second-order valence-corrected chi connectivity index (χ2v) is 14.8. The van der Waals surface area contributed by atoms with Crippen molar-refractivity contribution in [2.75, 3.05) is 13.2 Å². The maximum absolute atomic E-state index is 12.1. The van der Waals surface area contributed by atoms with Crippen LogP contribution in [0.4, 0.5) is 0 Å². The molecule has 36 heavy (non-hydrogen) atoms. The van der Waals surface area contributed by atoms with E-state index in [9.17, 15) is 19.8 Å². The molecular weight excluding hydrogens is 476 g/mol. The van der Waals surface area contributed by atoms with Crippen LogP contribution >= 0.6 is 0 Å². The van der Waals surface area contributed by atoms with E-state index in [2.05, 4.69) is 45.0 Å². The van der Waals surface area contributed by atoms with Gasteiger partial charge in [0.05, 0.1) is 13.2 Å². The highest BCUT2D eigenvalue weighted by Crippen LogP contribution is 2.36. The van der Waals surface area contributed by atoms with Gasteiger partial charge in [-0.2, -0.15) is 0 Å². The highest BCUT2D eigenvalue weighted by molar-refractivity contribution is 6.99. The molecule has 2 N–H and O–H groups in total. The van der Waals surface area contributed by atoms with Gasteiger partial charge in [0.2, 0.25) is 0 Å². The Hall–Kier alpha value is -2.78. The molecule has 0 bridgehead atoms. The molecular formula is C28H38O7Si. The van der Waals surface area contributed by atoms with Crippen LogP contribution in [0.25, 0.3) is 0 Å². The summed E-state index contributed by atoms with van der Waals surface area (Å²) in [6.07, 6.45) is -0.307. The number of aliphatic hydroxyl groups is 1. The van der Waals surface area contributed by atoms with E-state index in [1.807, 2.05) is 36.4 Å². The normalized spacial score (nSPS) is 14.4. The van der Waals surface area contributed by atoms with Crippen LogP contribution in [0.5, 0.6) is 0 Å². The molecule has 0 saturated heterocycles. The van der Waals surface area contributed by atoms with Crippen molar-refractivity contribution in [2.45, 2.75) is 64.4 Å². The van der Waals surface area contributed by atoms with E-state index in [4.69, 9.17) is 13.9 Å². The van der Waals surface area contributed by atoms with Gasteiger partial charge in [0, 0.05) is 0 Å². The van der Waals surface area contributed by atoms with E-state index in [0.29, 0.717) is 0 Å². The van der Waals surface area contributed by atoms with Gasteiger partial charge < -0.3 is 24.1 Å². The first-order valence-corrected chi connectivity index (χ1v) is 13.9. The van der Waals surface area contributed by atoms with Gasteiger partial charge in [0.1, 0.15) is 5.60 Å². The first kappa shape index (κ1) is 29.4. The molecule has 0 aromatic heterocycles. The third kappa shape index (κ3) is 7.61. The fourth-order valence-corrected chi connectivity index (χ4v) is 8.51. The maximum Gasteiger partial charge on any atom is 0.338 e. The van der Waals surface area contributed by atoms with Gasteiger partial charge >= 0.3 is 11.9 Å². The molecule has 7 nitrogen and oxygen atoms in total. The molecule has 8 heteroatoms. The highest BCUT2D eigenvalue weighted by Gasteiger charge is 2.49. The molecule has 2 aromatic carbocycles. The first-order chi connectivity index (χ1) is 16.8. The van der Waals surface area contributed by atoms with Crippen LogP contribution in [-0.2, 0) is 23.5 Å². The zero-order valence-electron chi connectivity index (χ0n) is 21.9. The number of carbonyl (C=O) groups excluding carboxylic acids is 1. The zero-order valence-corrected chi connectivity index (χ0v) is 22.9. The molecule has 0 amide bonds. The summed E-state index contributed by atoms with van der Waals surface area (Å²) in [6.45, 7) is 11.6. The zero-order chi connectivity index (χ0) is 27.0. The van der Waals surface area contributed by atoms with Gasteiger partial charge in [-0.05, 0) is 36.2 Å². The summed E-state index contributed by atoms with van der Waals surface area (Å²) < 4.78 is 17.1. The van der Waals surface area contributed by atoms with Gasteiger partial charge in [-0.15, -0.1) is 0 Å². The Bertz CT molecular complexity index is 968. The first-order valence-electron chi connectivity index (χ1n) is 11.9. The Morgan fingerprint density at radius 3 is 1.75 bits per heavy atom. The predicted octanol–water partition coefficient (Wildman–Crippen LogP) is 3.29. The van der Waals surface area contributed by atoms with Gasteiger partial charge in [0.15, 0.2) is 12.2 Å². The highest BCUT2D eigenvalue weighted by atomic mass is 28.4. The Morgan fingerprint density at radius 1 is 0.861 bits per heavy atom. The maximum atomic E-state index is 12.1. The SMILES string of the molecule is CC(C)(C)OC(=O)[C@H](O)[C@@H](OC/C=C/CO[Si](c1ccccc1)(c1ccccc1)C(C)(C)C)C(=O)O. The molecule has 2 atom stereocenters. The third-order valence-electron chi connectivity index (χ3n) is 5.53. The molecule has 0 aliphatic rings. The number of carboxylic acid groups (broad SMARTS) is 1.